The lowest BCUT2D eigenvalue weighted by atomic mass is 10.1. The molecule has 4 aromatic heterocycles. The van der Waals surface area contributed by atoms with E-state index in [0.29, 0.717) is 0 Å². The van der Waals surface area contributed by atoms with E-state index in [9.17, 15) is 0 Å². The van der Waals surface area contributed by atoms with Gasteiger partial charge in [0.1, 0.15) is 5.65 Å². The first-order valence-electron chi connectivity index (χ1n) is 13.2. The van der Waals surface area contributed by atoms with Gasteiger partial charge in [-0.3, -0.25) is 4.40 Å². The van der Waals surface area contributed by atoms with Gasteiger partial charge in [-0.25, -0.2) is 4.98 Å². The third-order valence-corrected chi connectivity index (χ3v) is 8.04. The highest BCUT2D eigenvalue weighted by Crippen LogP contribution is 2.38. The average Bonchev–Trinajstić information content (AvgIpc) is 3.65. The summed E-state index contributed by atoms with van der Waals surface area (Å²) in [6, 6.07) is 45.4. The highest BCUT2D eigenvalue weighted by molar-refractivity contribution is 6.17. The topological polar surface area (TPSA) is 27.2 Å². The smallest absolute Gasteiger partial charge is 0.148 e. The second-order valence-electron chi connectivity index (χ2n) is 10.1. The van der Waals surface area contributed by atoms with Crippen molar-refractivity contribution in [1.29, 1.82) is 0 Å². The fourth-order valence-corrected chi connectivity index (χ4v) is 6.40. The van der Waals surface area contributed by atoms with Crippen LogP contribution in [-0.4, -0.2) is 18.5 Å². The minimum absolute atomic E-state index is 0.991. The molecule has 5 aromatic carbocycles. The van der Waals surface area contributed by atoms with Gasteiger partial charge < -0.3 is 9.13 Å². The van der Waals surface area contributed by atoms with E-state index < -0.39 is 0 Å². The molecule has 0 amide bonds. The molecule has 4 nitrogen and oxygen atoms in total. The van der Waals surface area contributed by atoms with Crippen LogP contribution < -0.4 is 0 Å². The number of benzene rings is 5. The van der Waals surface area contributed by atoms with Gasteiger partial charge in [-0.1, -0.05) is 66.7 Å². The Labute approximate surface area is 223 Å². The van der Waals surface area contributed by atoms with Crippen molar-refractivity contribution < 1.29 is 0 Å². The molecular formula is C35H22N4. The lowest BCUT2D eigenvalue weighted by Crippen LogP contribution is -1.96. The van der Waals surface area contributed by atoms with Crippen LogP contribution in [-0.2, 0) is 0 Å². The summed E-state index contributed by atoms with van der Waals surface area (Å²) < 4.78 is 6.96. The quantitative estimate of drug-likeness (QED) is 0.234. The number of hydrogen-bond donors (Lipinski definition) is 0. The van der Waals surface area contributed by atoms with E-state index in [0.717, 1.165) is 27.9 Å². The fraction of sp³-hybridized carbons (Fsp3) is 0. The lowest BCUT2D eigenvalue weighted by Gasteiger charge is -2.10. The molecule has 39 heavy (non-hydrogen) atoms. The molecule has 0 radical (unpaired) electrons. The highest BCUT2D eigenvalue weighted by atomic mass is 15.0. The molecule has 0 aliphatic rings. The zero-order chi connectivity index (χ0) is 25.5. The first kappa shape index (κ1) is 20.7. The van der Waals surface area contributed by atoms with Gasteiger partial charge in [0.2, 0.25) is 0 Å². The van der Waals surface area contributed by atoms with Gasteiger partial charge in [-0.15, -0.1) is 0 Å². The van der Waals surface area contributed by atoms with Crippen molar-refractivity contribution >= 4 is 60.3 Å². The molecular weight excluding hydrogens is 476 g/mol. The molecule has 4 heteroatoms. The maximum atomic E-state index is 5.07. The van der Waals surface area contributed by atoms with Gasteiger partial charge in [0.25, 0.3) is 0 Å². The van der Waals surface area contributed by atoms with Crippen LogP contribution in [0, 0.1) is 0 Å². The molecule has 0 saturated carbocycles. The second kappa shape index (κ2) is 7.59. The lowest BCUT2D eigenvalue weighted by molar-refractivity contribution is 1.16. The Kier molecular flexibility index (Phi) is 4.02. The summed E-state index contributed by atoms with van der Waals surface area (Å²) in [7, 11) is 0. The third kappa shape index (κ3) is 2.75. The predicted molar refractivity (Wildman–Crippen MR) is 161 cm³/mol. The van der Waals surface area contributed by atoms with Crippen LogP contribution in [0.4, 0.5) is 0 Å². The predicted octanol–water partition coefficient (Wildman–Crippen LogP) is 8.68. The van der Waals surface area contributed by atoms with Crippen LogP contribution in [0.25, 0.3) is 71.7 Å². The Hall–Kier alpha value is -5.35. The van der Waals surface area contributed by atoms with Crippen LogP contribution in [0.5, 0.6) is 0 Å². The zero-order valence-corrected chi connectivity index (χ0v) is 21.0. The van der Waals surface area contributed by atoms with Crippen molar-refractivity contribution in [1.82, 2.24) is 18.5 Å². The number of fused-ring (bicyclic) bond motifs is 10. The Bertz CT molecular complexity index is 2390. The number of imidazole rings is 1. The minimum Gasteiger partial charge on any atom is -0.309 e. The third-order valence-electron chi connectivity index (χ3n) is 8.04. The van der Waals surface area contributed by atoms with E-state index in [2.05, 4.69) is 147 Å². The molecule has 4 heterocycles. The first-order chi connectivity index (χ1) is 19.4. The van der Waals surface area contributed by atoms with Crippen molar-refractivity contribution in [2.75, 3.05) is 0 Å². The van der Waals surface area contributed by atoms with Crippen molar-refractivity contribution in [2.45, 2.75) is 0 Å². The number of pyridine rings is 1. The zero-order valence-electron chi connectivity index (χ0n) is 21.0. The maximum Gasteiger partial charge on any atom is 0.148 e. The summed E-state index contributed by atoms with van der Waals surface area (Å²) in [5, 5.41) is 4.88. The van der Waals surface area contributed by atoms with Crippen molar-refractivity contribution in [3.05, 3.63) is 134 Å². The van der Waals surface area contributed by atoms with Crippen LogP contribution in [0.3, 0.4) is 0 Å². The molecule has 0 fully saturated rings. The molecule has 0 atom stereocenters. The number of aromatic nitrogens is 4. The first-order valence-corrected chi connectivity index (χ1v) is 13.2. The molecule has 9 rings (SSSR count). The maximum absolute atomic E-state index is 5.07. The number of para-hydroxylation sites is 5. The monoisotopic (exact) mass is 498 g/mol. The Morgan fingerprint density at radius 1 is 0.436 bits per heavy atom. The van der Waals surface area contributed by atoms with Gasteiger partial charge in [-0.05, 0) is 60.7 Å². The van der Waals surface area contributed by atoms with Crippen molar-refractivity contribution in [3.63, 3.8) is 0 Å². The molecule has 9 aromatic rings. The van der Waals surface area contributed by atoms with Gasteiger partial charge in [0.15, 0.2) is 0 Å². The summed E-state index contributed by atoms with van der Waals surface area (Å²) >= 11 is 0. The number of hydrogen-bond acceptors (Lipinski definition) is 1. The van der Waals surface area contributed by atoms with Crippen LogP contribution in [0.2, 0.25) is 0 Å². The number of nitrogens with zero attached hydrogens (tertiary/aromatic N) is 4. The van der Waals surface area contributed by atoms with Gasteiger partial charge >= 0.3 is 0 Å². The molecule has 0 N–H and O–H groups in total. The summed E-state index contributed by atoms with van der Waals surface area (Å²) in [6.45, 7) is 0. The van der Waals surface area contributed by atoms with Gasteiger partial charge in [0.05, 0.1) is 38.5 Å². The summed E-state index contributed by atoms with van der Waals surface area (Å²) in [4.78, 5) is 5.07. The van der Waals surface area contributed by atoms with Crippen molar-refractivity contribution in [3.8, 4) is 11.4 Å². The Balaban J connectivity index is 1.39. The largest absolute Gasteiger partial charge is 0.309 e. The van der Waals surface area contributed by atoms with Gasteiger partial charge in [0, 0.05) is 33.7 Å². The van der Waals surface area contributed by atoms with Crippen molar-refractivity contribution in [2.24, 2.45) is 0 Å². The average molecular weight is 499 g/mol. The molecule has 0 saturated heterocycles. The minimum atomic E-state index is 0.991. The SMILES string of the molecule is c1ccc(-n2c3ccccc3c3cc(-n4c5ccccc5c5c4ccn4c6ccccc6nc54)ccc32)cc1. The standard InChI is InChI=1S/C35H22N4/c1-2-10-23(11-3-1)38-29-15-7-4-12-25(29)27-22-24(18-19-31(27)38)39-30-16-8-5-13-26(30)34-33(39)20-21-37-32-17-9-6-14-28(32)36-35(34)37/h1-22H. The molecule has 0 aliphatic heterocycles. The van der Waals surface area contributed by atoms with E-state index in [1.165, 1.54) is 43.8 Å². The Morgan fingerprint density at radius 2 is 1.08 bits per heavy atom. The van der Waals surface area contributed by atoms with E-state index >= 15 is 0 Å². The van der Waals surface area contributed by atoms with Crippen LogP contribution in [0.15, 0.2) is 134 Å². The van der Waals surface area contributed by atoms with E-state index in [1.54, 1.807) is 0 Å². The molecule has 0 unspecified atom stereocenters. The summed E-state index contributed by atoms with van der Waals surface area (Å²) in [5.41, 5.74) is 10.2. The van der Waals surface area contributed by atoms with Gasteiger partial charge in [-0.2, -0.15) is 0 Å². The van der Waals surface area contributed by atoms with E-state index in [-0.39, 0.29) is 0 Å². The number of rotatable bonds is 2. The molecule has 182 valence electrons. The van der Waals surface area contributed by atoms with Crippen LogP contribution >= 0.6 is 0 Å². The molecule has 0 aliphatic carbocycles. The summed E-state index contributed by atoms with van der Waals surface area (Å²) in [5.74, 6) is 0. The Morgan fingerprint density at radius 3 is 1.92 bits per heavy atom. The normalized spacial score (nSPS) is 12.1. The van der Waals surface area contributed by atoms with Crippen LogP contribution in [0.1, 0.15) is 0 Å². The fourth-order valence-electron chi connectivity index (χ4n) is 6.40. The highest BCUT2D eigenvalue weighted by Gasteiger charge is 2.19. The van der Waals surface area contributed by atoms with E-state index in [4.69, 9.17) is 4.98 Å². The molecule has 0 bridgehead atoms. The molecule has 0 spiro atoms. The second-order valence-corrected chi connectivity index (χ2v) is 10.1. The van der Waals surface area contributed by atoms with E-state index in [1.807, 2.05) is 0 Å². The summed E-state index contributed by atoms with van der Waals surface area (Å²) in [6.07, 6.45) is 2.15.